The van der Waals surface area contributed by atoms with Crippen molar-refractivity contribution in [2.24, 2.45) is 0 Å². The Hall–Kier alpha value is -2.05. The molecule has 24 heavy (non-hydrogen) atoms. The average Bonchev–Trinajstić information content (AvgIpc) is 3.09. The Morgan fingerprint density at radius 1 is 1.25 bits per heavy atom. The van der Waals surface area contributed by atoms with Crippen LogP contribution < -0.4 is 4.90 Å². The summed E-state index contributed by atoms with van der Waals surface area (Å²) in [5.41, 5.74) is 1.13. The lowest BCUT2D eigenvalue weighted by atomic mass is 10.1. The molecule has 0 saturated heterocycles. The summed E-state index contributed by atoms with van der Waals surface area (Å²) in [7, 11) is 0. The van der Waals surface area contributed by atoms with Gasteiger partial charge >= 0.3 is 0 Å². The molecule has 1 saturated carbocycles. The highest BCUT2D eigenvalue weighted by molar-refractivity contribution is 7.13. The maximum absolute atomic E-state index is 13.1. The molecular weight excluding hydrogens is 325 g/mol. The molecular formula is C18H19FN3OS+. The van der Waals surface area contributed by atoms with E-state index in [4.69, 9.17) is 4.42 Å². The van der Waals surface area contributed by atoms with E-state index in [1.807, 2.05) is 29.6 Å². The second kappa shape index (κ2) is 6.45. The molecule has 2 heterocycles. The number of aromatic nitrogens is 2. The minimum Gasteiger partial charge on any atom is -0.414 e. The van der Waals surface area contributed by atoms with Crippen LogP contribution in [0.2, 0.25) is 0 Å². The zero-order chi connectivity index (χ0) is 16.5. The van der Waals surface area contributed by atoms with Gasteiger partial charge in [-0.1, -0.05) is 18.2 Å². The average molecular weight is 344 g/mol. The van der Waals surface area contributed by atoms with Crippen LogP contribution in [0.3, 0.4) is 0 Å². The van der Waals surface area contributed by atoms with E-state index in [1.165, 1.54) is 29.9 Å². The molecule has 1 aliphatic carbocycles. The van der Waals surface area contributed by atoms with E-state index >= 15 is 0 Å². The molecule has 1 aromatic carbocycles. The first kappa shape index (κ1) is 15.5. The summed E-state index contributed by atoms with van der Waals surface area (Å²) in [6.45, 7) is 2.96. The number of rotatable bonds is 6. The summed E-state index contributed by atoms with van der Waals surface area (Å²) < 4.78 is 19.0. The van der Waals surface area contributed by atoms with Crippen molar-refractivity contribution in [1.29, 1.82) is 0 Å². The fraction of sp³-hybridized carbons (Fsp3) is 0.333. The van der Waals surface area contributed by atoms with Crippen molar-refractivity contribution in [3.63, 3.8) is 0 Å². The van der Waals surface area contributed by atoms with Crippen LogP contribution in [-0.4, -0.2) is 16.2 Å². The Bertz CT molecular complexity index is 796. The van der Waals surface area contributed by atoms with Crippen molar-refractivity contribution in [2.75, 3.05) is 0 Å². The summed E-state index contributed by atoms with van der Waals surface area (Å²) in [5, 5.41) is 10.5. The quantitative estimate of drug-likeness (QED) is 0.746. The fourth-order valence-electron chi connectivity index (χ4n) is 3.01. The molecule has 1 fully saturated rings. The number of quaternary nitrogens is 1. The third-order valence-corrected chi connectivity index (χ3v) is 5.38. The minimum absolute atomic E-state index is 0.115. The molecule has 3 aromatic rings. The van der Waals surface area contributed by atoms with Crippen molar-refractivity contribution >= 4 is 11.3 Å². The first-order valence-corrected chi connectivity index (χ1v) is 9.06. The van der Waals surface area contributed by atoms with Crippen molar-refractivity contribution in [1.82, 2.24) is 10.2 Å². The molecule has 4 rings (SSSR count). The lowest BCUT2D eigenvalue weighted by Gasteiger charge is -2.23. The van der Waals surface area contributed by atoms with Gasteiger partial charge in [0.05, 0.1) is 10.9 Å². The third-order valence-electron chi connectivity index (χ3n) is 4.52. The van der Waals surface area contributed by atoms with Crippen LogP contribution in [0, 0.1) is 5.82 Å². The summed E-state index contributed by atoms with van der Waals surface area (Å²) in [6.07, 6.45) is 2.43. The van der Waals surface area contributed by atoms with E-state index in [-0.39, 0.29) is 11.9 Å². The molecule has 0 bridgehead atoms. The van der Waals surface area contributed by atoms with Crippen LogP contribution >= 0.6 is 11.3 Å². The molecule has 0 aliphatic heterocycles. The van der Waals surface area contributed by atoms with Crippen LogP contribution in [0.25, 0.3) is 10.8 Å². The Balaban J connectivity index is 1.54. The fourth-order valence-corrected chi connectivity index (χ4v) is 3.66. The second-order valence-corrected chi connectivity index (χ2v) is 7.24. The van der Waals surface area contributed by atoms with Gasteiger partial charge in [-0.05, 0) is 30.5 Å². The zero-order valence-electron chi connectivity index (χ0n) is 13.4. The highest BCUT2D eigenvalue weighted by Gasteiger charge is 2.39. The molecule has 1 aliphatic rings. The lowest BCUT2D eigenvalue weighted by molar-refractivity contribution is -0.955. The van der Waals surface area contributed by atoms with Gasteiger partial charge in [0.1, 0.15) is 12.4 Å². The van der Waals surface area contributed by atoms with E-state index < -0.39 is 0 Å². The third kappa shape index (κ3) is 3.25. The summed E-state index contributed by atoms with van der Waals surface area (Å²) in [6, 6.07) is 11.4. The van der Waals surface area contributed by atoms with Gasteiger partial charge < -0.3 is 9.32 Å². The van der Waals surface area contributed by atoms with Gasteiger partial charge in [0, 0.05) is 18.4 Å². The topological polar surface area (TPSA) is 43.4 Å². The van der Waals surface area contributed by atoms with E-state index in [9.17, 15) is 4.39 Å². The predicted molar refractivity (Wildman–Crippen MR) is 90.1 cm³/mol. The summed E-state index contributed by atoms with van der Waals surface area (Å²) in [5.74, 6) is 1.06. The molecule has 0 spiro atoms. The molecule has 124 valence electrons. The highest BCUT2D eigenvalue weighted by Crippen LogP contribution is 2.25. The summed E-state index contributed by atoms with van der Waals surface area (Å²) in [4.78, 5) is 2.40. The number of halogens is 1. The summed E-state index contributed by atoms with van der Waals surface area (Å²) >= 11 is 1.59. The van der Waals surface area contributed by atoms with Gasteiger partial charge in [-0.2, -0.15) is 0 Å². The van der Waals surface area contributed by atoms with Gasteiger partial charge in [-0.3, -0.25) is 0 Å². The van der Waals surface area contributed by atoms with Gasteiger partial charge in [0.2, 0.25) is 0 Å². The minimum atomic E-state index is -0.197. The highest BCUT2D eigenvalue weighted by atomic mass is 32.1. The molecule has 4 nitrogen and oxygen atoms in total. The molecule has 0 radical (unpaired) electrons. The first-order valence-electron chi connectivity index (χ1n) is 8.18. The van der Waals surface area contributed by atoms with Gasteiger partial charge in [0.15, 0.2) is 6.04 Å². The van der Waals surface area contributed by atoms with E-state index in [0.717, 1.165) is 17.0 Å². The number of nitrogens with one attached hydrogen (secondary N) is 1. The first-order chi connectivity index (χ1) is 11.7. The molecule has 2 atom stereocenters. The van der Waals surface area contributed by atoms with Crippen molar-refractivity contribution in [3.05, 3.63) is 59.0 Å². The number of thiophene rings is 1. The molecule has 2 aromatic heterocycles. The predicted octanol–water partition coefficient (Wildman–Crippen LogP) is 3.25. The molecule has 1 N–H and O–H groups in total. The molecule has 6 heteroatoms. The smallest absolute Gasteiger partial charge is 0.274 e. The van der Waals surface area contributed by atoms with Gasteiger partial charge in [-0.15, -0.1) is 21.5 Å². The number of nitrogens with zero attached hydrogens (tertiary/aromatic N) is 2. The van der Waals surface area contributed by atoms with Crippen molar-refractivity contribution in [3.8, 4) is 10.8 Å². The lowest BCUT2D eigenvalue weighted by Crippen LogP contribution is -3.12. The zero-order valence-corrected chi connectivity index (χ0v) is 14.2. The van der Waals surface area contributed by atoms with Gasteiger partial charge in [-0.25, -0.2) is 4.39 Å². The van der Waals surface area contributed by atoms with Crippen molar-refractivity contribution < 1.29 is 13.7 Å². The number of benzene rings is 1. The Morgan fingerprint density at radius 2 is 2.04 bits per heavy atom. The van der Waals surface area contributed by atoms with Gasteiger partial charge in [0.25, 0.3) is 11.8 Å². The van der Waals surface area contributed by atoms with Crippen LogP contribution in [0.1, 0.15) is 37.3 Å². The normalized spacial score (nSPS) is 16.9. The number of hydrogen-bond acceptors (Lipinski definition) is 4. The van der Waals surface area contributed by atoms with Crippen molar-refractivity contribution in [2.45, 2.75) is 38.4 Å². The maximum Gasteiger partial charge on any atom is 0.274 e. The Morgan fingerprint density at radius 3 is 2.71 bits per heavy atom. The standard InChI is InChI=1S/C18H18FN3OS/c1-12(17-20-21-18(23-17)16-3-2-10-24-16)22(15-8-9-15)11-13-4-6-14(19)7-5-13/h2-7,10,12,15H,8-9,11H2,1H3/p+1/t12-/m1/s1. The van der Waals surface area contributed by atoms with E-state index in [1.54, 1.807) is 11.3 Å². The largest absolute Gasteiger partial charge is 0.414 e. The Kier molecular flexibility index (Phi) is 4.16. The van der Waals surface area contributed by atoms with Crippen LogP contribution in [0.4, 0.5) is 4.39 Å². The van der Waals surface area contributed by atoms with Crippen LogP contribution in [0.15, 0.2) is 46.2 Å². The maximum atomic E-state index is 13.1. The van der Waals surface area contributed by atoms with E-state index in [2.05, 4.69) is 17.1 Å². The van der Waals surface area contributed by atoms with E-state index in [0.29, 0.717) is 17.8 Å². The number of hydrogen-bond donors (Lipinski definition) is 1. The molecule has 1 unspecified atom stereocenters. The monoisotopic (exact) mass is 344 g/mol. The second-order valence-electron chi connectivity index (χ2n) is 6.30. The van der Waals surface area contributed by atoms with Crippen LogP contribution in [-0.2, 0) is 6.54 Å². The molecule has 0 amide bonds. The SMILES string of the molecule is C[C@H](c1nnc(-c2cccs2)o1)[NH+](Cc1ccc(F)cc1)C1CC1. The van der Waals surface area contributed by atoms with Crippen LogP contribution in [0.5, 0.6) is 0 Å². The Labute approximate surface area is 143 Å².